The van der Waals surface area contributed by atoms with Gasteiger partial charge in [0.25, 0.3) is 0 Å². The van der Waals surface area contributed by atoms with Crippen molar-refractivity contribution in [1.29, 1.82) is 5.41 Å². The number of nitrogens with zero attached hydrogens (tertiary/aromatic N) is 3. The summed E-state index contributed by atoms with van der Waals surface area (Å²) in [5.74, 6) is 1.65. The number of hydrogen-bond acceptors (Lipinski definition) is 8. The summed E-state index contributed by atoms with van der Waals surface area (Å²) in [5.41, 5.74) is 5.22. The smallest absolute Gasteiger partial charge is 0.338 e. The summed E-state index contributed by atoms with van der Waals surface area (Å²) < 4.78 is 0. The number of aliphatic hydroxyl groups is 1. The Morgan fingerprint density at radius 3 is 2.58 bits per heavy atom. The van der Waals surface area contributed by atoms with Gasteiger partial charge in [0.2, 0.25) is 0 Å². The Labute approximate surface area is 199 Å². The van der Waals surface area contributed by atoms with Crippen LogP contribution >= 0.6 is 11.6 Å². The number of aliphatic hydroxyl groups excluding tert-OH is 1. The van der Waals surface area contributed by atoms with Crippen molar-refractivity contribution in [2.24, 2.45) is 0 Å². The molecule has 0 spiro atoms. The van der Waals surface area contributed by atoms with Gasteiger partial charge in [-0.1, -0.05) is 32.4 Å². The number of aromatic nitrogens is 2. The number of halogens is 1. The largest absolute Gasteiger partial charge is 0.394 e. The van der Waals surface area contributed by atoms with Gasteiger partial charge in [-0.15, -0.1) is 0 Å². The standard InChI is InChI=1S/C22H33ClN8O2/c1-6-7-26-18-11-15(10-17(23)28-18)27-22(33)30-31(8-9-32)19-12-16(13(2)3)20(14(4)24)21(25-5)29-19/h10-13,24,32H,6-9H2,1-5H3,(H,25,29)(H3,26,27,28,30,33). The summed E-state index contributed by atoms with van der Waals surface area (Å²) in [6.45, 7) is 8.44. The van der Waals surface area contributed by atoms with Gasteiger partial charge in [-0.05, 0) is 37.0 Å². The van der Waals surface area contributed by atoms with Crippen LogP contribution < -0.4 is 26.4 Å². The van der Waals surface area contributed by atoms with E-state index in [1.807, 2.05) is 26.8 Å². The fourth-order valence-corrected chi connectivity index (χ4v) is 3.45. The number of urea groups is 1. The van der Waals surface area contributed by atoms with E-state index < -0.39 is 6.03 Å². The average molecular weight is 477 g/mol. The van der Waals surface area contributed by atoms with Crippen LogP contribution in [0.15, 0.2) is 18.2 Å². The van der Waals surface area contributed by atoms with Crippen molar-refractivity contribution in [3.05, 3.63) is 34.5 Å². The number of anilines is 4. The quantitative estimate of drug-likeness (QED) is 0.163. The zero-order valence-electron chi connectivity index (χ0n) is 19.7. The van der Waals surface area contributed by atoms with Gasteiger partial charge < -0.3 is 26.5 Å². The van der Waals surface area contributed by atoms with Gasteiger partial charge >= 0.3 is 6.03 Å². The normalized spacial score (nSPS) is 10.7. The van der Waals surface area contributed by atoms with Crippen molar-refractivity contribution in [3.8, 4) is 0 Å². The van der Waals surface area contributed by atoms with E-state index in [9.17, 15) is 9.90 Å². The molecule has 0 unspecified atom stereocenters. The number of nitrogens with one attached hydrogen (secondary N) is 5. The number of amides is 2. The summed E-state index contributed by atoms with van der Waals surface area (Å²) in [7, 11) is 1.73. The van der Waals surface area contributed by atoms with Crippen molar-refractivity contribution >= 4 is 46.5 Å². The van der Waals surface area contributed by atoms with E-state index in [4.69, 9.17) is 17.0 Å². The second-order valence-electron chi connectivity index (χ2n) is 7.75. The third-order valence-electron chi connectivity index (χ3n) is 4.71. The summed E-state index contributed by atoms with van der Waals surface area (Å²) in [5, 5.41) is 28.3. The highest BCUT2D eigenvalue weighted by atomic mass is 35.5. The minimum absolute atomic E-state index is 0.116. The topological polar surface area (TPSA) is 138 Å². The predicted molar refractivity (Wildman–Crippen MR) is 135 cm³/mol. The number of rotatable bonds is 11. The molecule has 0 radical (unpaired) electrons. The maximum Gasteiger partial charge on any atom is 0.338 e. The molecule has 0 aliphatic heterocycles. The Morgan fingerprint density at radius 1 is 1.27 bits per heavy atom. The molecule has 0 aliphatic rings. The fraction of sp³-hybridized carbons (Fsp3) is 0.455. The number of hydrogen-bond donors (Lipinski definition) is 6. The van der Waals surface area contributed by atoms with Gasteiger partial charge in [0.05, 0.1) is 13.2 Å². The first-order chi connectivity index (χ1) is 15.7. The number of carbonyl (C=O) groups excluding carboxylic acids is 1. The van der Waals surface area contributed by atoms with E-state index in [0.29, 0.717) is 28.9 Å². The lowest BCUT2D eigenvalue weighted by molar-refractivity contribution is 0.248. The minimum Gasteiger partial charge on any atom is -0.394 e. The number of carbonyl (C=O) groups is 1. The molecule has 2 aromatic heterocycles. The summed E-state index contributed by atoms with van der Waals surface area (Å²) >= 11 is 6.08. The van der Waals surface area contributed by atoms with E-state index in [-0.39, 0.29) is 24.2 Å². The van der Waals surface area contributed by atoms with Crippen molar-refractivity contribution in [2.45, 2.75) is 40.0 Å². The van der Waals surface area contributed by atoms with Gasteiger partial charge in [-0.3, -0.25) is 5.01 Å². The molecule has 0 aliphatic carbocycles. The fourth-order valence-electron chi connectivity index (χ4n) is 3.24. The molecule has 0 saturated heterocycles. The van der Waals surface area contributed by atoms with Crippen LogP contribution in [0.1, 0.15) is 51.2 Å². The third kappa shape index (κ3) is 7.19. The molecule has 2 rings (SSSR count). The lowest BCUT2D eigenvalue weighted by Gasteiger charge is -2.26. The summed E-state index contributed by atoms with van der Waals surface area (Å²) in [6.07, 6.45) is 0.920. The highest BCUT2D eigenvalue weighted by Gasteiger charge is 2.20. The van der Waals surface area contributed by atoms with E-state index in [2.05, 4.69) is 31.3 Å². The Balaban J connectivity index is 2.31. The molecule has 33 heavy (non-hydrogen) atoms. The first-order valence-corrected chi connectivity index (χ1v) is 11.2. The van der Waals surface area contributed by atoms with Crippen LogP contribution in [0.3, 0.4) is 0 Å². The Hall–Kier alpha value is -3.11. The predicted octanol–water partition coefficient (Wildman–Crippen LogP) is 4.04. The summed E-state index contributed by atoms with van der Waals surface area (Å²) in [6, 6.07) is 4.53. The van der Waals surface area contributed by atoms with E-state index >= 15 is 0 Å². The minimum atomic E-state index is -0.529. The first kappa shape index (κ1) is 26.1. The van der Waals surface area contributed by atoms with Gasteiger partial charge in [0.1, 0.15) is 22.6 Å². The van der Waals surface area contributed by atoms with Crippen LogP contribution in [0.2, 0.25) is 5.15 Å². The molecule has 0 bridgehead atoms. The molecule has 0 saturated carbocycles. The van der Waals surface area contributed by atoms with E-state index in [0.717, 1.165) is 24.1 Å². The Bertz CT molecular complexity index is 983. The van der Waals surface area contributed by atoms with Crippen LogP contribution in [0.25, 0.3) is 0 Å². The first-order valence-electron chi connectivity index (χ1n) is 10.9. The molecule has 6 N–H and O–H groups in total. The summed E-state index contributed by atoms with van der Waals surface area (Å²) in [4.78, 5) is 21.5. The molecule has 2 aromatic rings. The van der Waals surface area contributed by atoms with Crippen LogP contribution in [-0.2, 0) is 0 Å². The Morgan fingerprint density at radius 2 is 2.00 bits per heavy atom. The van der Waals surface area contributed by atoms with Gasteiger partial charge in [-0.25, -0.2) is 20.2 Å². The van der Waals surface area contributed by atoms with Crippen molar-refractivity contribution in [1.82, 2.24) is 15.4 Å². The molecule has 2 heterocycles. The second kappa shape index (κ2) is 12.2. The second-order valence-corrected chi connectivity index (χ2v) is 8.14. The lowest BCUT2D eigenvalue weighted by Crippen LogP contribution is -2.46. The van der Waals surface area contributed by atoms with Gasteiger partial charge in [0, 0.05) is 36.6 Å². The highest BCUT2D eigenvalue weighted by molar-refractivity contribution is 6.29. The number of pyridine rings is 2. The zero-order valence-corrected chi connectivity index (χ0v) is 20.5. The van der Waals surface area contributed by atoms with Crippen molar-refractivity contribution in [3.63, 3.8) is 0 Å². The van der Waals surface area contributed by atoms with Crippen LogP contribution in [0, 0.1) is 5.41 Å². The SMILES string of the molecule is CCCNc1cc(NC(=O)NN(CCO)c2cc(C(C)C)c(C(C)=N)c(NC)n2)cc(Cl)n1. The molecule has 11 heteroatoms. The van der Waals surface area contributed by atoms with E-state index in [1.165, 1.54) is 5.01 Å². The molecule has 0 aromatic carbocycles. The zero-order chi connectivity index (χ0) is 24.5. The monoisotopic (exact) mass is 476 g/mol. The molecule has 180 valence electrons. The molecule has 10 nitrogen and oxygen atoms in total. The van der Waals surface area contributed by atoms with Crippen LogP contribution in [0.4, 0.5) is 27.9 Å². The number of hydrazine groups is 1. The lowest BCUT2D eigenvalue weighted by atomic mass is 9.95. The molecule has 2 amide bonds. The third-order valence-corrected chi connectivity index (χ3v) is 4.91. The molecular weight excluding hydrogens is 444 g/mol. The van der Waals surface area contributed by atoms with Crippen LogP contribution in [-0.4, -0.2) is 53.6 Å². The van der Waals surface area contributed by atoms with Crippen molar-refractivity contribution in [2.75, 3.05) is 47.7 Å². The molecular formula is C22H33ClN8O2. The van der Waals surface area contributed by atoms with E-state index in [1.54, 1.807) is 26.1 Å². The highest BCUT2D eigenvalue weighted by Crippen LogP contribution is 2.29. The maximum atomic E-state index is 12.7. The average Bonchev–Trinajstić information content (AvgIpc) is 2.75. The Kier molecular flexibility index (Phi) is 9.68. The van der Waals surface area contributed by atoms with Gasteiger partial charge in [-0.2, -0.15) is 0 Å². The van der Waals surface area contributed by atoms with Gasteiger partial charge in [0.15, 0.2) is 0 Å². The maximum absolute atomic E-state index is 12.7. The van der Waals surface area contributed by atoms with Crippen LogP contribution in [0.5, 0.6) is 0 Å². The molecule has 0 fully saturated rings. The van der Waals surface area contributed by atoms with Crippen molar-refractivity contribution < 1.29 is 9.90 Å². The molecule has 0 atom stereocenters.